The van der Waals surface area contributed by atoms with Crippen molar-refractivity contribution in [3.63, 3.8) is 0 Å². The topological polar surface area (TPSA) is 44.8 Å². The summed E-state index contributed by atoms with van der Waals surface area (Å²) in [7, 11) is -1.30. The van der Waals surface area contributed by atoms with Crippen LogP contribution >= 0.6 is 0 Å². The van der Waals surface area contributed by atoms with E-state index in [4.69, 9.17) is 14.2 Å². The average molecular weight is 274 g/mol. The monoisotopic (exact) mass is 274 g/mol. The van der Waals surface area contributed by atoms with Gasteiger partial charge < -0.3 is 19.0 Å². The van der Waals surface area contributed by atoms with Crippen LogP contribution in [0.3, 0.4) is 0 Å². The summed E-state index contributed by atoms with van der Waals surface area (Å²) in [4.78, 5) is 12.0. The molecule has 4 nitrogen and oxygen atoms in total. The van der Waals surface area contributed by atoms with Crippen LogP contribution in [0.2, 0.25) is 0 Å². The Kier molecular flexibility index (Phi) is 8.35. The molecule has 0 N–H and O–H groups in total. The van der Waals surface area contributed by atoms with Crippen LogP contribution in [0.15, 0.2) is 12.2 Å². The molecule has 1 atom stereocenters. The van der Waals surface area contributed by atoms with Gasteiger partial charge in [-0.05, 0) is 40.2 Å². The summed E-state index contributed by atoms with van der Waals surface area (Å²) in [6, 6.07) is 0. The Labute approximate surface area is 113 Å². The summed E-state index contributed by atoms with van der Waals surface area (Å²) in [6.07, 6.45) is -0.252. The van der Waals surface area contributed by atoms with E-state index < -0.39 is 14.9 Å². The molecule has 0 rings (SSSR count). The van der Waals surface area contributed by atoms with Crippen molar-refractivity contribution in [2.45, 2.75) is 46.1 Å². The zero-order valence-corrected chi connectivity index (χ0v) is 13.7. The SMILES string of the molecule is C=C(C)C(=O)[SiH2]C(OCC)(OCC)C(C)OCC. The van der Waals surface area contributed by atoms with Crippen LogP contribution in [0, 0.1) is 0 Å². The van der Waals surface area contributed by atoms with Crippen LogP contribution in [0.5, 0.6) is 0 Å². The maximum atomic E-state index is 12.0. The second kappa shape index (κ2) is 8.58. The molecule has 0 aliphatic carbocycles. The predicted octanol–water partition coefficient (Wildman–Crippen LogP) is 1.41. The third kappa shape index (κ3) is 5.02. The van der Waals surface area contributed by atoms with E-state index in [-0.39, 0.29) is 11.5 Å². The molecule has 0 bridgehead atoms. The Morgan fingerprint density at radius 3 is 2.06 bits per heavy atom. The van der Waals surface area contributed by atoms with Crippen molar-refractivity contribution in [3.05, 3.63) is 12.2 Å². The lowest BCUT2D eigenvalue weighted by molar-refractivity contribution is -0.232. The van der Waals surface area contributed by atoms with Gasteiger partial charge in [0.2, 0.25) is 0 Å². The Hall–Kier alpha value is -0.493. The molecular weight excluding hydrogens is 248 g/mol. The molecule has 0 radical (unpaired) electrons. The molecule has 0 amide bonds. The lowest BCUT2D eigenvalue weighted by Gasteiger charge is -2.37. The molecular formula is C13H26O4Si. The highest BCUT2D eigenvalue weighted by atomic mass is 28.2. The van der Waals surface area contributed by atoms with E-state index in [9.17, 15) is 4.79 Å². The van der Waals surface area contributed by atoms with E-state index in [1.807, 2.05) is 27.7 Å². The largest absolute Gasteiger partial charge is 0.374 e. The molecule has 0 fully saturated rings. The van der Waals surface area contributed by atoms with Crippen molar-refractivity contribution in [3.8, 4) is 0 Å². The van der Waals surface area contributed by atoms with Gasteiger partial charge in [0.25, 0.3) is 0 Å². The first-order valence-electron chi connectivity index (χ1n) is 6.51. The number of ether oxygens (including phenoxy) is 3. The minimum Gasteiger partial charge on any atom is -0.374 e. The predicted molar refractivity (Wildman–Crippen MR) is 75.4 cm³/mol. The van der Waals surface area contributed by atoms with Gasteiger partial charge in [0.15, 0.2) is 14.9 Å². The van der Waals surface area contributed by atoms with E-state index >= 15 is 0 Å². The molecule has 0 aromatic carbocycles. The lowest BCUT2D eigenvalue weighted by Crippen LogP contribution is -2.55. The van der Waals surface area contributed by atoms with Gasteiger partial charge in [0.05, 0.1) is 0 Å². The fraction of sp³-hybridized carbons (Fsp3) is 0.769. The summed E-state index contributed by atoms with van der Waals surface area (Å²) in [5.74, 6) is 0. The normalized spacial score (nSPS) is 14.1. The molecule has 0 saturated carbocycles. The van der Waals surface area contributed by atoms with Gasteiger partial charge >= 0.3 is 0 Å². The molecule has 0 heterocycles. The number of allylic oxidation sites excluding steroid dienone is 1. The molecule has 0 spiro atoms. The minimum absolute atomic E-state index is 0.0726. The van der Waals surface area contributed by atoms with Gasteiger partial charge in [-0.2, -0.15) is 0 Å². The maximum Gasteiger partial charge on any atom is 0.181 e. The van der Waals surface area contributed by atoms with Gasteiger partial charge in [-0.1, -0.05) is 6.58 Å². The van der Waals surface area contributed by atoms with E-state index in [2.05, 4.69) is 6.58 Å². The summed E-state index contributed by atoms with van der Waals surface area (Å²) in [5.41, 5.74) is -0.315. The van der Waals surface area contributed by atoms with Crippen molar-refractivity contribution in [1.29, 1.82) is 0 Å². The van der Waals surface area contributed by atoms with E-state index in [1.54, 1.807) is 6.92 Å². The fourth-order valence-electron chi connectivity index (χ4n) is 1.76. The van der Waals surface area contributed by atoms with Gasteiger partial charge in [0, 0.05) is 19.8 Å². The highest BCUT2D eigenvalue weighted by molar-refractivity contribution is 6.79. The third-order valence-corrected chi connectivity index (χ3v) is 5.10. The summed E-state index contributed by atoms with van der Waals surface area (Å²) in [6.45, 7) is 14.6. The molecule has 0 aliphatic rings. The first-order valence-corrected chi connectivity index (χ1v) is 7.93. The zero-order valence-electron chi connectivity index (χ0n) is 12.2. The third-order valence-electron chi connectivity index (χ3n) is 2.70. The Morgan fingerprint density at radius 1 is 1.22 bits per heavy atom. The summed E-state index contributed by atoms with van der Waals surface area (Å²) < 4.78 is 17.1. The van der Waals surface area contributed by atoms with Crippen molar-refractivity contribution in [2.24, 2.45) is 0 Å². The zero-order chi connectivity index (χ0) is 14.2. The van der Waals surface area contributed by atoms with E-state index in [0.717, 1.165) is 0 Å². The number of carbonyl (C=O) groups excluding carboxylic acids is 1. The Morgan fingerprint density at radius 2 is 1.72 bits per heavy atom. The minimum atomic E-state index is -1.30. The van der Waals surface area contributed by atoms with Crippen molar-refractivity contribution in [2.75, 3.05) is 19.8 Å². The molecule has 0 aliphatic heterocycles. The number of hydrogen-bond donors (Lipinski definition) is 0. The fourth-order valence-corrected chi connectivity index (χ4v) is 3.53. The second-order valence-corrected chi connectivity index (χ2v) is 6.14. The van der Waals surface area contributed by atoms with E-state index in [0.29, 0.717) is 25.4 Å². The summed E-state index contributed by atoms with van der Waals surface area (Å²) >= 11 is 0. The van der Waals surface area contributed by atoms with E-state index in [1.165, 1.54) is 0 Å². The average Bonchev–Trinajstić information content (AvgIpc) is 2.29. The molecule has 1 unspecified atom stereocenters. The lowest BCUT2D eigenvalue weighted by atomic mass is 10.3. The first kappa shape index (κ1) is 17.5. The van der Waals surface area contributed by atoms with Gasteiger partial charge in [-0.3, -0.25) is 0 Å². The van der Waals surface area contributed by atoms with Crippen molar-refractivity contribution in [1.82, 2.24) is 0 Å². The van der Waals surface area contributed by atoms with Crippen LogP contribution in [-0.2, 0) is 19.0 Å². The Bertz CT molecular complexity index is 272. The van der Waals surface area contributed by atoms with Crippen molar-refractivity contribution < 1.29 is 19.0 Å². The standard InChI is InChI=1S/C13H26O4Si/c1-7-15-11(6)13(16-8-2,17-9-3)18-12(14)10(4)5/h11H,4,7-9,18H2,1-3,5-6H3. The van der Waals surface area contributed by atoms with Crippen LogP contribution in [0.1, 0.15) is 34.6 Å². The first-order chi connectivity index (χ1) is 8.43. The summed E-state index contributed by atoms with van der Waals surface area (Å²) in [5, 5.41) is 0.0726. The Balaban J connectivity index is 5.05. The quantitative estimate of drug-likeness (QED) is 0.343. The number of carbonyl (C=O) groups is 1. The molecule has 18 heavy (non-hydrogen) atoms. The second-order valence-electron chi connectivity index (χ2n) is 4.16. The molecule has 0 saturated heterocycles. The smallest absolute Gasteiger partial charge is 0.181 e. The van der Waals surface area contributed by atoms with Crippen molar-refractivity contribution >= 4 is 14.9 Å². The maximum absolute atomic E-state index is 12.0. The van der Waals surface area contributed by atoms with Crippen LogP contribution in [0.25, 0.3) is 0 Å². The van der Waals surface area contributed by atoms with Crippen LogP contribution in [-0.4, -0.2) is 46.3 Å². The van der Waals surface area contributed by atoms with Crippen LogP contribution < -0.4 is 0 Å². The highest BCUT2D eigenvalue weighted by Crippen LogP contribution is 2.21. The molecule has 0 aromatic heterocycles. The molecule has 0 aromatic rings. The van der Waals surface area contributed by atoms with Crippen LogP contribution in [0.4, 0.5) is 0 Å². The number of hydrogen-bond acceptors (Lipinski definition) is 4. The number of rotatable bonds is 10. The molecule has 5 heteroatoms. The van der Waals surface area contributed by atoms with Gasteiger partial charge in [-0.15, -0.1) is 0 Å². The van der Waals surface area contributed by atoms with Gasteiger partial charge in [-0.25, -0.2) is 0 Å². The van der Waals surface area contributed by atoms with Gasteiger partial charge in [0.1, 0.15) is 11.5 Å². The highest BCUT2D eigenvalue weighted by Gasteiger charge is 2.41. The molecule has 106 valence electrons.